The molecule has 1 aromatic carbocycles. The Kier molecular flexibility index (Phi) is 3.87. The summed E-state index contributed by atoms with van der Waals surface area (Å²) in [6, 6.07) is 8.97. The van der Waals surface area contributed by atoms with E-state index in [1.54, 1.807) is 31.3 Å². The number of hydrogen-bond acceptors (Lipinski definition) is 2. The van der Waals surface area contributed by atoms with Gasteiger partial charge in [-0.15, -0.1) is 0 Å². The van der Waals surface area contributed by atoms with Crippen molar-refractivity contribution < 1.29 is 18.0 Å². The summed E-state index contributed by atoms with van der Waals surface area (Å²) in [4.78, 5) is 13.8. The molecule has 4 nitrogen and oxygen atoms in total. The van der Waals surface area contributed by atoms with Gasteiger partial charge < -0.3 is 4.90 Å². The Morgan fingerprint density at radius 1 is 1.26 bits per heavy atom. The first-order valence-electron chi connectivity index (χ1n) is 7.35. The number of rotatable bonds is 3. The van der Waals surface area contributed by atoms with E-state index in [9.17, 15) is 18.0 Å². The molecule has 1 heterocycles. The average Bonchev–Trinajstić information content (AvgIpc) is 3.10. The Hall–Kier alpha value is -2.31. The number of hydrogen-bond donors (Lipinski definition) is 0. The van der Waals surface area contributed by atoms with Crippen molar-refractivity contribution in [2.75, 3.05) is 11.9 Å². The van der Waals surface area contributed by atoms with Gasteiger partial charge in [-0.2, -0.15) is 18.3 Å². The Balaban J connectivity index is 1.85. The van der Waals surface area contributed by atoms with Gasteiger partial charge in [0.2, 0.25) is 5.91 Å². The Morgan fingerprint density at radius 2 is 1.96 bits per heavy atom. The Labute approximate surface area is 131 Å². The molecule has 0 radical (unpaired) electrons. The van der Waals surface area contributed by atoms with E-state index in [-0.39, 0.29) is 18.0 Å². The van der Waals surface area contributed by atoms with E-state index in [4.69, 9.17) is 0 Å². The summed E-state index contributed by atoms with van der Waals surface area (Å²) < 4.78 is 40.4. The van der Waals surface area contributed by atoms with Gasteiger partial charge in [-0.3, -0.25) is 9.48 Å². The van der Waals surface area contributed by atoms with E-state index in [0.29, 0.717) is 30.6 Å². The summed E-state index contributed by atoms with van der Waals surface area (Å²) in [7, 11) is 1.60. The lowest BCUT2D eigenvalue weighted by molar-refractivity contribution is -0.142. The molecule has 2 aromatic rings. The number of nitrogens with zero attached hydrogens (tertiary/aromatic N) is 3. The second-order valence-corrected chi connectivity index (χ2v) is 5.57. The van der Waals surface area contributed by atoms with Crippen LogP contribution in [0.2, 0.25) is 0 Å². The van der Waals surface area contributed by atoms with E-state index < -0.39 is 11.9 Å². The summed E-state index contributed by atoms with van der Waals surface area (Å²) in [6.07, 6.45) is -2.92. The second kappa shape index (κ2) is 5.72. The molecule has 0 aliphatic heterocycles. The first kappa shape index (κ1) is 15.6. The molecule has 1 amide bonds. The Bertz CT molecular complexity index is 722. The molecule has 0 unspecified atom stereocenters. The fourth-order valence-electron chi connectivity index (χ4n) is 2.90. The van der Waals surface area contributed by atoms with Crippen LogP contribution in [0.1, 0.15) is 23.4 Å². The number of carbonyl (C=O) groups is 1. The van der Waals surface area contributed by atoms with E-state index >= 15 is 0 Å². The van der Waals surface area contributed by atoms with Crippen molar-refractivity contribution in [2.45, 2.75) is 32.0 Å². The van der Waals surface area contributed by atoms with Crippen LogP contribution in [0, 0.1) is 0 Å². The minimum atomic E-state index is -4.48. The molecular formula is C16H16F3N3O. The zero-order valence-corrected chi connectivity index (χ0v) is 12.6. The molecular weight excluding hydrogens is 307 g/mol. The van der Waals surface area contributed by atoms with Crippen molar-refractivity contribution in [3.8, 4) is 0 Å². The standard InChI is InChI=1S/C16H16F3N3O/c1-21(11-6-3-2-4-7-11)14(23)10-22-13-9-5-8-12(13)15(20-22)16(17,18)19/h2-4,6-7H,5,8-10H2,1H3. The summed E-state index contributed by atoms with van der Waals surface area (Å²) >= 11 is 0. The van der Waals surface area contributed by atoms with Crippen molar-refractivity contribution in [2.24, 2.45) is 0 Å². The van der Waals surface area contributed by atoms with Gasteiger partial charge in [-0.1, -0.05) is 18.2 Å². The van der Waals surface area contributed by atoms with E-state index in [2.05, 4.69) is 5.10 Å². The van der Waals surface area contributed by atoms with Crippen LogP contribution in [0.4, 0.5) is 18.9 Å². The lowest BCUT2D eigenvalue weighted by Crippen LogP contribution is -2.31. The zero-order chi connectivity index (χ0) is 16.6. The van der Waals surface area contributed by atoms with Crippen LogP contribution in [-0.4, -0.2) is 22.7 Å². The number of para-hydroxylation sites is 1. The number of carbonyl (C=O) groups excluding carboxylic acids is 1. The van der Waals surface area contributed by atoms with Gasteiger partial charge in [-0.05, 0) is 31.4 Å². The van der Waals surface area contributed by atoms with Crippen molar-refractivity contribution in [1.82, 2.24) is 9.78 Å². The molecule has 0 fully saturated rings. The third kappa shape index (κ3) is 2.95. The number of benzene rings is 1. The fourth-order valence-corrected chi connectivity index (χ4v) is 2.90. The monoisotopic (exact) mass is 323 g/mol. The summed E-state index contributed by atoms with van der Waals surface area (Å²) in [6.45, 7) is -0.191. The number of fused-ring (bicyclic) bond motifs is 1. The predicted molar refractivity (Wildman–Crippen MR) is 79.1 cm³/mol. The largest absolute Gasteiger partial charge is 0.435 e. The van der Waals surface area contributed by atoms with E-state index in [0.717, 1.165) is 0 Å². The molecule has 0 N–H and O–H groups in total. The van der Waals surface area contributed by atoms with Crippen LogP contribution in [-0.2, 0) is 30.4 Å². The number of likely N-dealkylation sites (N-methyl/N-ethyl adjacent to an activating group) is 1. The summed E-state index contributed by atoms with van der Waals surface area (Å²) in [5.41, 5.74) is 0.623. The highest BCUT2D eigenvalue weighted by molar-refractivity contribution is 5.92. The highest BCUT2D eigenvalue weighted by Crippen LogP contribution is 2.36. The van der Waals surface area contributed by atoms with Crippen LogP contribution in [0.3, 0.4) is 0 Å². The van der Waals surface area contributed by atoms with Gasteiger partial charge in [0, 0.05) is 24.0 Å². The quantitative estimate of drug-likeness (QED) is 0.871. The molecule has 23 heavy (non-hydrogen) atoms. The predicted octanol–water partition coefficient (Wildman–Crippen LogP) is 3.05. The smallest absolute Gasteiger partial charge is 0.314 e. The maximum absolute atomic E-state index is 13.0. The number of halogens is 3. The third-order valence-electron chi connectivity index (χ3n) is 4.08. The first-order chi connectivity index (χ1) is 10.9. The van der Waals surface area contributed by atoms with Gasteiger partial charge in [0.1, 0.15) is 6.54 Å². The van der Waals surface area contributed by atoms with Gasteiger partial charge in [0.25, 0.3) is 0 Å². The highest BCUT2D eigenvalue weighted by atomic mass is 19.4. The molecule has 1 aliphatic carbocycles. The molecule has 7 heteroatoms. The molecule has 1 aliphatic rings. The second-order valence-electron chi connectivity index (χ2n) is 5.57. The fraction of sp³-hybridized carbons (Fsp3) is 0.375. The minimum Gasteiger partial charge on any atom is -0.314 e. The van der Waals surface area contributed by atoms with Gasteiger partial charge >= 0.3 is 6.18 Å². The maximum atomic E-state index is 13.0. The van der Waals surface area contributed by atoms with Crippen LogP contribution in [0.25, 0.3) is 0 Å². The Morgan fingerprint density at radius 3 is 2.61 bits per heavy atom. The molecule has 3 rings (SSSR count). The van der Waals surface area contributed by atoms with Gasteiger partial charge in [-0.25, -0.2) is 0 Å². The van der Waals surface area contributed by atoms with Crippen molar-refractivity contribution in [3.05, 3.63) is 47.3 Å². The van der Waals surface area contributed by atoms with E-state index in [1.807, 2.05) is 6.07 Å². The van der Waals surface area contributed by atoms with Gasteiger partial charge in [0.05, 0.1) is 0 Å². The van der Waals surface area contributed by atoms with Crippen LogP contribution in [0.5, 0.6) is 0 Å². The highest BCUT2D eigenvalue weighted by Gasteiger charge is 2.40. The first-order valence-corrected chi connectivity index (χ1v) is 7.35. The number of amides is 1. The van der Waals surface area contributed by atoms with Crippen LogP contribution >= 0.6 is 0 Å². The normalized spacial score (nSPS) is 13.9. The lowest BCUT2D eigenvalue weighted by atomic mass is 10.2. The lowest BCUT2D eigenvalue weighted by Gasteiger charge is -2.17. The van der Waals surface area contributed by atoms with Crippen molar-refractivity contribution in [1.29, 1.82) is 0 Å². The van der Waals surface area contributed by atoms with E-state index in [1.165, 1.54) is 9.58 Å². The van der Waals surface area contributed by atoms with Crippen LogP contribution in [0.15, 0.2) is 30.3 Å². The maximum Gasteiger partial charge on any atom is 0.435 e. The SMILES string of the molecule is CN(C(=O)Cn1nc(C(F)(F)F)c2c1CCC2)c1ccccc1. The topological polar surface area (TPSA) is 38.1 Å². The average molecular weight is 323 g/mol. The summed E-state index contributed by atoms with van der Waals surface area (Å²) in [5.74, 6) is -0.304. The van der Waals surface area contributed by atoms with Crippen LogP contribution < -0.4 is 4.90 Å². The molecule has 0 atom stereocenters. The number of aromatic nitrogens is 2. The summed E-state index contributed by atoms with van der Waals surface area (Å²) in [5, 5.41) is 3.66. The molecule has 0 saturated heterocycles. The van der Waals surface area contributed by atoms with Crippen molar-refractivity contribution >= 4 is 11.6 Å². The molecule has 0 saturated carbocycles. The third-order valence-corrected chi connectivity index (χ3v) is 4.08. The van der Waals surface area contributed by atoms with Crippen molar-refractivity contribution in [3.63, 3.8) is 0 Å². The minimum absolute atomic E-state index is 0.191. The van der Waals surface area contributed by atoms with Gasteiger partial charge in [0.15, 0.2) is 5.69 Å². The molecule has 0 bridgehead atoms. The zero-order valence-electron chi connectivity index (χ0n) is 12.6. The molecule has 1 aromatic heterocycles. The number of anilines is 1. The molecule has 122 valence electrons. The molecule has 0 spiro atoms. The number of alkyl halides is 3.